The summed E-state index contributed by atoms with van der Waals surface area (Å²) in [7, 11) is 0. The molecule has 1 aromatic heterocycles. The summed E-state index contributed by atoms with van der Waals surface area (Å²) in [6.45, 7) is 2.09. The maximum absolute atomic E-state index is 12.1. The Balaban J connectivity index is 2.18. The first kappa shape index (κ1) is 16.4. The summed E-state index contributed by atoms with van der Waals surface area (Å²) in [6, 6.07) is 3.30. The monoisotopic (exact) mass is 364 g/mol. The van der Waals surface area contributed by atoms with E-state index in [0.29, 0.717) is 38.4 Å². The SMILES string of the molecule is CC(=O)NCCNC(=O)c1sc2cc(Cl)cc(Cl)c2c1Cl. The molecule has 0 fully saturated rings. The van der Waals surface area contributed by atoms with Crippen molar-refractivity contribution in [2.75, 3.05) is 13.1 Å². The van der Waals surface area contributed by atoms with Gasteiger partial charge in [0.2, 0.25) is 5.91 Å². The Labute approximate surface area is 140 Å². The molecule has 0 aliphatic carbocycles. The van der Waals surface area contributed by atoms with Gasteiger partial charge in [0.25, 0.3) is 5.91 Å². The molecule has 0 atom stereocenters. The maximum Gasteiger partial charge on any atom is 0.262 e. The van der Waals surface area contributed by atoms with Crippen LogP contribution in [-0.2, 0) is 4.79 Å². The van der Waals surface area contributed by atoms with Gasteiger partial charge in [-0.25, -0.2) is 0 Å². The Hall–Kier alpha value is -1.01. The van der Waals surface area contributed by atoms with Crippen molar-refractivity contribution < 1.29 is 9.59 Å². The number of amides is 2. The number of fused-ring (bicyclic) bond motifs is 1. The van der Waals surface area contributed by atoms with Crippen LogP contribution < -0.4 is 10.6 Å². The van der Waals surface area contributed by atoms with E-state index in [0.717, 1.165) is 4.70 Å². The third kappa shape index (κ3) is 3.80. The molecule has 0 radical (unpaired) electrons. The minimum atomic E-state index is -0.307. The number of rotatable bonds is 4. The maximum atomic E-state index is 12.1. The molecule has 0 aliphatic heterocycles. The molecule has 8 heteroatoms. The minimum absolute atomic E-state index is 0.148. The fraction of sp³-hybridized carbons (Fsp3) is 0.231. The Morgan fingerprint density at radius 3 is 2.48 bits per heavy atom. The lowest BCUT2D eigenvalue weighted by Crippen LogP contribution is -2.33. The highest BCUT2D eigenvalue weighted by molar-refractivity contribution is 7.21. The van der Waals surface area contributed by atoms with Crippen molar-refractivity contribution in [3.8, 4) is 0 Å². The molecule has 0 spiro atoms. The van der Waals surface area contributed by atoms with Crippen LogP contribution in [0, 0.1) is 0 Å². The van der Waals surface area contributed by atoms with Gasteiger partial charge in [0, 0.05) is 35.1 Å². The Morgan fingerprint density at radius 1 is 1.14 bits per heavy atom. The van der Waals surface area contributed by atoms with Crippen molar-refractivity contribution in [1.82, 2.24) is 10.6 Å². The summed E-state index contributed by atoms with van der Waals surface area (Å²) in [5, 5.41) is 7.12. The predicted octanol–water partition coefficient (Wildman–Crippen LogP) is 3.73. The van der Waals surface area contributed by atoms with Gasteiger partial charge in [-0.1, -0.05) is 34.8 Å². The van der Waals surface area contributed by atoms with Crippen molar-refractivity contribution in [1.29, 1.82) is 0 Å². The van der Waals surface area contributed by atoms with Crippen LogP contribution in [0.4, 0.5) is 0 Å². The van der Waals surface area contributed by atoms with Crippen molar-refractivity contribution in [3.05, 3.63) is 32.1 Å². The molecule has 0 unspecified atom stereocenters. The average Bonchev–Trinajstić information content (AvgIpc) is 2.71. The second-order valence-electron chi connectivity index (χ2n) is 4.24. The van der Waals surface area contributed by atoms with Crippen LogP contribution in [0.2, 0.25) is 15.1 Å². The number of benzene rings is 1. The molecule has 2 rings (SSSR count). The fourth-order valence-corrected chi connectivity index (χ4v) is 4.05. The van der Waals surface area contributed by atoms with Gasteiger partial charge in [-0.3, -0.25) is 9.59 Å². The largest absolute Gasteiger partial charge is 0.355 e. The first-order valence-corrected chi connectivity index (χ1v) is 7.95. The van der Waals surface area contributed by atoms with Gasteiger partial charge in [-0.2, -0.15) is 0 Å². The summed E-state index contributed by atoms with van der Waals surface area (Å²) in [4.78, 5) is 23.2. The van der Waals surface area contributed by atoms with Crippen molar-refractivity contribution in [2.45, 2.75) is 6.92 Å². The molecule has 4 nitrogen and oxygen atoms in total. The summed E-state index contributed by atoms with van der Waals surface area (Å²) < 4.78 is 0.754. The first-order chi connectivity index (χ1) is 9.90. The number of hydrogen-bond donors (Lipinski definition) is 2. The van der Waals surface area contributed by atoms with Gasteiger partial charge in [0.15, 0.2) is 0 Å². The van der Waals surface area contributed by atoms with Gasteiger partial charge in [0.05, 0.1) is 10.0 Å². The highest BCUT2D eigenvalue weighted by Gasteiger charge is 2.19. The van der Waals surface area contributed by atoms with E-state index in [1.807, 2.05) is 0 Å². The standard InChI is InChI=1S/C13H11Cl3N2O2S/c1-6(19)17-2-3-18-13(20)12-11(16)10-8(15)4-7(14)5-9(10)21-12/h4-5H,2-3H2,1H3,(H,17,19)(H,18,20). The van der Waals surface area contributed by atoms with E-state index in [1.54, 1.807) is 12.1 Å². The van der Waals surface area contributed by atoms with E-state index < -0.39 is 0 Å². The van der Waals surface area contributed by atoms with E-state index in [9.17, 15) is 9.59 Å². The van der Waals surface area contributed by atoms with Crippen LogP contribution in [0.5, 0.6) is 0 Å². The van der Waals surface area contributed by atoms with E-state index in [-0.39, 0.29) is 11.8 Å². The van der Waals surface area contributed by atoms with Crippen LogP contribution in [-0.4, -0.2) is 24.9 Å². The Kier molecular flexibility index (Phi) is 5.32. The van der Waals surface area contributed by atoms with E-state index in [1.165, 1.54) is 18.3 Å². The number of carbonyl (C=O) groups excluding carboxylic acids is 2. The van der Waals surface area contributed by atoms with Crippen LogP contribution >= 0.6 is 46.1 Å². The lowest BCUT2D eigenvalue weighted by atomic mass is 10.2. The third-order valence-corrected chi connectivity index (χ3v) is 4.78. The molecular formula is C13H11Cl3N2O2S. The van der Waals surface area contributed by atoms with Gasteiger partial charge >= 0.3 is 0 Å². The molecule has 2 N–H and O–H groups in total. The molecule has 0 saturated heterocycles. The molecular weight excluding hydrogens is 355 g/mol. The van der Waals surface area contributed by atoms with Crippen LogP contribution in [0.25, 0.3) is 10.1 Å². The summed E-state index contributed by atoms with van der Waals surface area (Å²) >= 11 is 19.5. The molecule has 2 amide bonds. The topological polar surface area (TPSA) is 58.2 Å². The second-order valence-corrected chi connectivity index (χ2v) is 6.52. The Morgan fingerprint density at radius 2 is 1.81 bits per heavy atom. The lowest BCUT2D eigenvalue weighted by molar-refractivity contribution is -0.118. The van der Waals surface area contributed by atoms with Gasteiger partial charge in [-0.05, 0) is 12.1 Å². The quantitative estimate of drug-likeness (QED) is 0.811. The average molecular weight is 366 g/mol. The molecule has 21 heavy (non-hydrogen) atoms. The number of nitrogens with one attached hydrogen (secondary N) is 2. The number of hydrogen-bond acceptors (Lipinski definition) is 3. The number of carbonyl (C=O) groups is 2. The number of halogens is 3. The minimum Gasteiger partial charge on any atom is -0.355 e. The van der Waals surface area contributed by atoms with Gasteiger partial charge < -0.3 is 10.6 Å². The zero-order valence-electron chi connectivity index (χ0n) is 10.9. The van der Waals surface area contributed by atoms with Crippen LogP contribution in [0.1, 0.15) is 16.6 Å². The highest BCUT2D eigenvalue weighted by Crippen LogP contribution is 2.41. The molecule has 0 bridgehead atoms. The zero-order chi connectivity index (χ0) is 15.6. The third-order valence-electron chi connectivity index (χ3n) is 2.64. The van der Waals surface area contributed by atoms with E-state index >= 15 is 0 Å². The molecule has 0 saturated carbocycles. The van der Waals surface area contributed by atoms with Crippen molar-refractivity contribution in [2.24, 2.45) is 0 Å². The van der Waals surface area contributed by atoms with Gasteiger partial charge in [-0.15, -0.1) is 11.3 Å². The molecule has 1 aromatic carbocycles. The van der Waals surface area contributed by atoms with Crippen LogP contribution in [0.3, 0.4) is 0 Å². The number of thiophene rings is 1. The van der Waals surface area contributed by atoms with Crippen molar-refractivity contribution >= 4 is 68.0 Å². The smallest absolute Gasteiger partial charge is 0.262 e. The first-order valence-electron chi connectivity index (χ1n) is 6.00. The zero-order valence-corrected chi connectivity index (χ0v) is 14.0. The van der Waals surface area contributed by atoms with Crippen LogP contribution in [0.15, 0.2) is 12.1 Å². The molecule has 1 heterocycles. The molecule has 112 valence electrons. The Bertz CT molecular complexity index is 715. The second kappa shape index (κ2) is 6.83. The summed E-state index contributed by atoms with van der Waals surface area (Å²) in [5.41, 5.74) is 0. The highest BCUT2D eigenvalue weighted by atomic mass is 35.5. The van der Waals surface area contributed by atoms with E-state index in [4.69, 9.17) is 34.8 Å². The van der Waals surface area contributed by atoms with E-state index in [2.05, 4.69) is 10.6 Å². The molecule has 0 aliphatic rings. The van der Waals surface area contributed by atoms with Crippen molar-refractivity contribution in [3.63, 3.8) is 0 Å². The normalized spacial score (nSPS) is 10.7. The summed E-state index contributed by atoms with van der Waals surface area (Å²) in [6.07, 6.45) is 0. The fourth-order valence-electron chi connectivity index (χ4n) is 1.75. The predicted molar refractivity (Wildman–Crippen MR) is 87.9 cm³/mol. The van der Waals surface area contributed by atoms with Gasteiger partial charge in [0.1, 0.15) is 4.88 Å². The lowest BCUT2D eigenvalue weighted by Gasteiger charge is -2.04. The summed E-state index contributed by atoms with van der Waals surface area (Å²) in [5.74, 6) is -0.454. The molecule has 2 aromatic rings.